The zero-order valence-corrected chi connectivity index (χ0v) is 51.8. The van der Waals surface area contributed by atoms with E-state index in [0.717, 1.165) is 44.9 Å². The fourth-order valence-electron chi connectivity index (χ4n) is 11.2. The van der Waals surface area contributed by atoms with Gasteiger partial charge in [-0.3, -0.25) is 9.59 Å². The Balaban J connectivity index is 3.38. The highest BCUT2D eigenvalue weighted by Crippen LogP contribution is 2.19. The molecule has 0 aliphatic carbocycles. The van der Waals surface area contributed by atoms with Crippen LogP contribution >= 0.6 is 0 Å². The number of aliphatic hydroxyl groups excluding tert-OH is 2. The van der Waals surface area contributed by atoms with Gasteiger partial charge < -0.3 is 20.3 Å². The molecular formula is C70H137NO5. The van der Waals surface area contributed by atoms with Crippen molar-refractivity contribution in [2.24, 2.45) is 0 Å². The molecule has 0 aliphatic rings. The topological polar surface area (TPSA) is 95.9 Å². The molecule has 6 heteroatoms. The van der Waals surface area contributed by atoms with Gasteiger partial charge in [-0.25, -0.2) is 0 Å². The van der Waals surface area contributed by atoms with Gasteiger partial charge in [0.15, 0.2) is 0 Å². The molecule has 76 heavy (non-hydrogen) atoms. The van der Waals surface area contributed by atoms with Gasteiger partial charge in [-0.05, 0) is 51.4 Å². The van der Waals surface area contributed by atoms with Gasteiger partial charge in [0.25, 0.3) is 0 Å². The quantitative estimate of drug-likeness (QED) is 0.0320. The lowest BCUT2D eigenvalue weighted by Crippen LogP contribution is -2.45. The predicted molar refractivity (Wildman–Crippen MR) is 333 cm³/mol. The molecule has 0 fully saturated rings. The van der Waals surface area contributed by atoms with Gasteiger partial charge in [-0.15, -0.1) is 0 Å². The van der Waals surface area contributed by atoms with E-state index in [0.29, 0.717) is 25.9 Å². The van der Waals surface area contributed by atoms with Crippen molar-refractivity contribution < 1.29 is 24.5 Å². The van der Waals surface area contributed by atoms with Gasteiger partial charge >= 0.3 is 5.97 Å². The Kier molecular flexibility index (Phi) is 64.9. The van der Waals surface area contributed by atoms with E-state index in [1.54, 1.807) is 0 Å². The summed E-state index contributed by atoms with van der Waals surface area (Å²) >= 11 is 0. The van der Waals surface area contributed by atoms with E-state index in [1.807, 2.05) is 0 Å². The van der Waals surface area contributed by atoms with Crippen LogP contribution < -0.4 is 5.32 Å². The van der Waals surface area contributed by atoms with E-state index in [9.17, 15) is 19.8 Å². The monoisotopic (exact) mass is 1070 g/mol. The summed E-state index contributed by atoms with van der Waals surface area (Å²) in [7, 11) is 0. The van der Waals surface area contributed by atoms with Crippen LogP contribution in [0.1, 0.15) is 399 Å². The fraction of sp³-hybridized carbons (Fsp3) is 0.943. The van der Waals surface area contributed by atoms with Crippen LogP contribution in [0, 0.1) is 0 Å². The van der Waals surface area contributed by atoms with Crippen LogP contribution in [0.25, 0.3) is 0 Å². The molecule has 0 aromatic heterocycles. The van der Waals surface area contributed by atoms with Crippen LogP contribution in [0.2, 0.25) is 0 Å². The largest absolute Gasteiger partial charge is 0.466 e. The Morgan fingerprint density at radius 1 is 0.355 bits per heavy atom. The highest BCUT2D eigenvalue weighted by Gasteiger charge is 2.20. The minimum Gasteiger partial charge on any atom is -0.466 e. The molecule has 0 aliphatic heterocycles. The Morgan fingerprint density at radius 2 is 0.618 bits per heavy atom. The Hall–Kier alpha value is -1.40. The van der Waals surface area contributed by atoms with Crippen LogP contribution in [-0.2, 0) is 14.3 Å². The minimum atomic E-state index is -0.666. The number of hydrogen-bond donors (Lipinski definition) is 3. The second-order valence-electron chi connectivity index (χ2n) is 24.2. The molecule has 0 aromatic rings. The summed E-state index contributed by atoms with van der Waals surface area (Å²) in [5.41, 5.74) is 0. The molecule has 0 saturated carbocycles. The zero-order chi connectivity index (χ0) is 55.0. The maximum Gasteiger partial charge on any atom is 0.305 e. The zero-order valence-electron chi connectivity index (χ0n) is 51.8. The van der Waals surface area contributed by atoms with E-state index in [1.165, 1.54) is 321 Å². The maximum atomic E-state index is 12.5. The summed E-state index contributed by atoms with van der Waals surface area (Å²) in [4.78, 5) is 24.6. The molecule has 2 atom stereocenters. The van der Waals surface area contributed by atoms with E-state index < -0.39 is 12.1 Å². The van der Waals surface area contributed by atoms with Crippen LogP contribution in [-0.4, -0.2) is 47.4 Å². The molecule has 2 unspecified atom stereocenters. The highest BCUT2D eigenvalue weighted by molar-refractivity contribution is 5.76. The van der Waals surface area contributed by atoms with Gasteiger partial charge in [0, 0.05) is 12.8 Å². The summed E-state index contributed by atoms with van der Waals surface area (Å²) in [6.45, 7) is 4.99. The lowest BCUT2D eigenvalue weighted by molar-refractivity contribution is -0.143. The number of unbranched alkanes of at least 4 members (excludes halogenated alkanes) is 53. The summed E-state index contributed by atoms with van der Waals surface area (Å²) in [6.07, 6.45) is 81.0. The number of allylic oxidation sites excluding steroid dienone is 2. The summed E-state index contributed by atoms with van der Waals surface area (Å²) in [5.74, 6) is -0.0232. The normalized spacial score (nSPS) is 12.5. The van der Waals surface area contributed by atoms with Crippen molar-refractivity contribution >= 4 is 11.9 Å². The van der Waals surface area contributed by atoms with Crippen molar-refractivity contribution in [3.8, 4) is 0 Å². The Labute approximate surface area is 476 Å². The third-order valence-corrected chi connectivity index (χ3v) is 16.6. The summed E-state index contributed by atoms with van der Waals surface area (Å²) < 4.78 is 5.50. The first-order valence-corrected chi connectivity index (χ1v) is 34.9. The van der Waals surface area contributed by atoms with Crippen molar-refractivity contribution in [2.75, 3.05) is 13.2 Å². The molecule has 6 nitrogen and oxygen atoms in total. The smallest absolute Gasteiger partial charge is 0.305 e. The third-order valence-electron chi connectivity index (χ3n) is 16.6. The number of aliphatic hydroxyl groups is 2. The second-order valence-corrected chi connectivity index (χ2v) is 24.2. The second kappa shape index (κ2) is 66.1. The third kappa shape index (κ3) is 61.8. The van der Waals surface area contributed by atoms with Gasteiger partial charge in [0.05, 0.1) is 25.4 Å². The first-order valence-electron chi connectivity index (χ1n) is 34.9. The standard InChI is InChI=1S/C70H137NO5/c1-3-5-7-9-11-13-15-17-19-21-22-23-24-27-31-34-38-42-46-50-54-58-62-68(73)67(66-72)71-69(74)63-59-55-51-47-43-39-35-32-28-25-26-29-33-37-41-45-49-53-57-61-65-76-70(75)64-60-56-52-48-44-40-36-30-20-18-16-14-12-10-8-6-4-2/h18,20,67-68,72-73H,3-17,19,21-66H2,1-2H3,(H,71,74)/b20-18-. The number of amides is 1. The van der Waals surface area contributed by atoms with Crippen molar-refractivity contribution in [1.29, 1.82) is 0 Å². The molecule has 0 radical (unpaired) electrons. The molecule has 0 heterocycles. The SMILES string of the molecule is CCCCCCCC/C=C\CCCCCCCCCC(=O)OCCCCCCCCCCCCCCCCCCCCCCC(=O)NC(CO)C(O)CCCCCCCCCCCCCCCCCCCCCCCC. The molecule has 0 bridgehead atoms. The molecule has 452 valence electrons. The minimum absolute atomic E-state index is 0.00868. The average molecular weight is 1070 g/mol. The van der Waals surface area contributed by atoms with Crippen molar-refractivity contribution in [3.05, 3.63) is 12.2 Å². The Bertz CT molecular complexity index is 1140. The van der Waals surface area contributed by atoms with Crippen LogP contribution in [0.4, 0.5) is 0 Å². The highest BCUT2D eigenvalue weighted by atomic mass is 16.5. The van der Waals surface area contributed by atoms with Crippen molar-refractivity contribution in [2.45, 2.75) is 411 Å². The molecule has 0 spiro atoms. The van der Waals surface area contributed by atoms with Gasteiger partial charge in [-0.1, -0.05) is 347 Å². The number of esters is 1. The van der Waals surface area contributed by atoms with Crippen molar-refractivity contribution in [1.82, 2.24) is 5.32 Å². The summed E-state index contributed by atoms with van der Waals surface area (Å²) in [5, 5.41) is 23.4. The molecular weight excluding hydrogens is 935 g/mol. The lowest BCUT2D eigenvalue weighted by atomic mass is 10.0. The Morgan fingerprint density at radius 3 is 0.934 bits per heavy atom. The van der Waals surface area contributed by atoms with E-state index >= 15 is 0 Å². The molecule has 0 rings (SSSR count). The lowest BCUT2D eigenvalue weighted by Gasteiger charge is -2.22. The molecule has 0 aromatic carbocycles. The number of carbonyl (C=O) groups is 2. The van der Waals surface area contributed by atoms with Crippen LogP contribution in [0.5, 0.6) is 0 Å². The number of hydrogen-bond acceptors (Lipinski definition) is 5. The molecule has 1 amide bonds. The van der Waals surface area contributed by atoms with Gasteiger partial charge in [-0.2, -0.15) is 0 Å². The molecule has 3 N–H and O–H groups in total. The van der Waals surface area contributed by atoms with Crippen molar-refractivity contribution in [3.63, 3.8) is 0 Å². The number of rotatable bonds is 66. The van der Waals surface area contributed by atoms with Crippen LogP contribution in [0.15, 0.2) is 12.2 Å². The first-order chi connectivity index (χ1) is 37.5. The fourth-order valence-corrected chi connectivity index (χ4v) is 11.2. The number of ether oxygens (including phenoxy) is 1. The van der Waals surface area contributed by atoms with E-state index in [-0.39, 0.29) is 18.5 Å². The number of nitrogens with one attached hydrogen (secondary N) is 1. The van der Waals surface area contributed by atoms with E-state index in [2.05, 4.69) is 31.3 Å². The molecule has 0 saturated heterocycles. The summed E-state index contributed by atoms with van der Waals surface area (Å²) in [6, 6.07) is -0.544. The van der Waals surface area contributed by atoms with E-state index in [4.69, 9.17) is 4.74 Å². The maximum absolute atomic E-state index is 12.5. The predicted octanol–water partition coefficient (Wildman–Crippen LogP) is 22.4. The van der Waals surface area contributed by atoms with Gasteiger partial charge in [0.2, 0.25) is 5.91 Å². The van der Waals surface area contributed by atoms with Gasteiger partial charge in [0.1, 0.15) is 0 Å². The first kappa shape index (κ1) is 74.6. The number of carbonyl (C=O) groups excluding carboxylic acids is 2. The van der Waals surface area contributed by atoms with Crippen LogP contribution in [0.3, 0.4) is 0 Å². The average Bonchev–Trinajstić information content (AvgIpc) is 3.42.